The summed E-state index contributed by atoms with van der Waals surface area (Å²) < 4.78 is 83.7. The molecular formula is C25H23F6N7O2S. The van der Waals surface area contributed by atoms with E-state index in [2.05, 4.69) is 20.5 Å². The van der Waals surface area contributed by atoms with Crippen molar-refractivity contribution in [1.82, 2.24) is 24.5 Å². The van der Waals surface area contributed by atoms with Crippen molar-refractivity contribution < 1.29 is 35.9 Å². The number of nitrogens with two attached hydrogens (primary N) is 1. The summed E-state index contributed by atoms with van der Waals surface area (Å²) in [7, 11) is 0. The Kier molecular flexibility index (Phi) is 7.07. The van der Waals surface area contributed by atoms with Crippen LogP contribution >= 0.6 is 11.3 Å². The minimum atomic E-state index is -4.81. The third-order valence-electron chi connectivity index (χ3n) is 6.78. The first-order chi connectivity index (χ1) is 19.2. The Bertz CT molecular complexity index is 1660. The van der Waals surface area contributed by atoms with Crippen LogP contribution < -0.4 is 11.1 Å². The van der Waals surface area contributed by atoms with Gasteiger partial charge < -0.3 is 11.1 Å². The molecule has 0 bridgehead atoms. The Hall–Kier alpha value is -3.95. The summed E-state index contributed by atoms with van der Waals surface area (Å²) in [6.45, 7) is 3.73. The molecule has 0 spiro atoms. The van der Waals surface area contributed by atoms with Crippen molar-refractivity contribution in [2.45, 2.75) is 64.5 Å². The Balaban J connectivity index is 1.54. The summed E-state index contributed by atoms with van der Waals surface area (Å²) >= 11 is 0.597. The molecule has 9 nitrogen and oxygen atoms in total. The summed E-state index contributed by atoms with van der Waals surface area (Å²) in [6.07, 6.45) is -6.98. The van der Waals surface area contributed by atoms with E-state index in [4.69, 9.17) is 5.73 Å². The number of fused-ring (bicyclic) bond motifs is 1. The van der Waals surface area contributed by atoms with E-state index in [0.29, 0.717) is 47.7 Å². The summed E-state index contributed by atoms with van der Waals surface area (Å²) in [4.78, 5) is 28.7. The Morgan fingerprint density at radius 2 is 1.76 bits per heavy atom. The van der Waals surface area contributed by atoms with Crippen molar-refractivity contribution in [3.8, 4) is 11.1 Å². The molecule has 1 aliphatic rings. The van der Waals surface area contributed by atoms with Crippen LogP contribution in [0.1, 0.15) is 64.6 Å². The highest BCUT2D eigenvalue weighted by atomic mass is 32.1. The van der Waals surface area contributed by atoms with Crippen molar-refractivity contribution >= 4 is 39.1 Å². The predicted octanol–water partition coefficient (Wildman–Crippen LogP) is 5.73. The largest absolute Gasteiger partial charge is 0.435 e. The van der Waals surface area contributed by atoms with Gasteiger partial charge in [0.2, 0.25) is 5.91 Å². The van der Waals surface area contributed by atoms with Crippen LogP contribution in [0.25, 0.3) is 21.3 Å². The van der Waals surface area contributed by atoms with E-state index in [1.54, 1.807) is 18.5 Å². The molecule has 16 heteroatoms. The molecule has 3 N–H and O–H groups in total. The fourth-order valence-electron chi connectivity index (χ4n) is 4.64. The van der Waals surface area contributed by atoms with Crippen molar-refractivity contribution in [2.75, 3.05) is 5.32 Å². The number of hydrogen-bond donors (Lipinski definition) is 2. The van der Waals surface area contributed by atoms with E-state index >= 15 is 0 Å². The first-order valence-corrected chi connectivity index (χ1v) is 13.3. The Labute approximate surface area is 232 Å². The predicted molar refractivity (Wildman–Crippen MR) is 137 cm³/mol. The van der Waals surface area contributed by atoms with Gasteiger partial charge in [-0.05, 0) is 44.4 Å². The number of halogens is 6. The SMILES string of the molecule is CCn1ncc(-c2cc(C(F)(F)F)nc3sc(C(N)=O)c(NC(=O)CCn4nc(C(F)(F)F)cc4C4CC4)c23)c1C. The van der Waals surface area contributed by atoms with Crippen molar-refractivity contribution in [3.63, 3.8) is 0 Å². The van der Waals surface area contributed by atoms with Gasteiger partial charge in [0.1, 0.15) is 15.4 Å². The number of nitrogens with one attached hydrogen (secondary N) is 1. The van der Waals surface area contributed by atoms with Gasteiger partial charge in [-0.2, -0.15) is 36.5 Å². The second-order valence-corrected chi connectivity index (χ2v) is 10.6. The van der Waals surface area contributed by atoms with E-state index in [1.807, 2.05) is 0 Å². The molecule has 0 aromatic carbocycles. The van der Waals surface area contributed by atoms with Gasteiger partial charge >= 0.3 is 12.4 Å². The molecule has 4 aromatic heterocycles. The highest BCUT2D eigenvalue weighted by Gasteiger charge is 2.38. The number of primary amides is 1. The molecule has 0 radical (unpaired) electrons. The molecule has 0 unspecified atom stereocenters. The lowest BCUT2D eigenvalue weighted by Gasteiger charge is -2.13. The third kappa shape index (κ3) is 5.52. The number of rotatable bonds is 8. The lowest BCUT2D eigenvalue weighted by molar-refractivity contribution is -0.142. The number of pyridine rings is 1. The summed E-state index contributed by atoms with van der Waals surface area (Å²) in [5.74, 6) is -1.78. The molecule has 5 rings (SSSR count). The summed E-state index contributed by atoms with van der Waals surface area (Å²) in [5.41, 5.74) is 4.43. The molecule has 1 saturated carbocycles. The van der Waals surface area contributed by atoms with E-state index in [-0.39, 0.29) is 45.2 Å². The highest BCUT2D eigenvalue weighted by Crippen LogP contribution is 2.45. The second-order valence-electron chi connectivity index (χ2n) is 9.61. The average Bonchev–Trinajstić information content (AvgIpc) is 3.35. The monoisotopic (exact) mass is 599 g/mol. The van der Waals surface area contributed by atoms with Gasteiger partial charge in [-0.15, -0.1) is 11.3 Å². The van der Waals surface area contributed by atoms with E-state index in [1.165, 1.54) is 6.20 Å². The molecule has 4 aromatic rings. The molecule has 1 aliphatic carbocycles. The second kappa shape index (κ2) is 10.2. The number of aromatic nitrogens is 5. The summed E-state index contributed by atoms with van der Waals surface area (Å²) in [6, 6.07) is 1.80. The number of aryl methyl sites for hydroxylation is 2. The standard InChI is InChI=1S/C25H23F6N7O2S/c1-3-37-11(2)14(10-33-37)13-8-16(24(26,27)28)34-23-19(13)20(21(41-23)22(32)40)35-18(39)6-7-38-15(12-4-5-12)9-17(36-38)25(29,30)31/h8-10,12H,3-7H2,1-2H3,(H2,32,40)(H,35,39). The number of thiophene rings is 1. The van der Waals surface area contributed by atoms with Crippen LogP contribution in [0, 0.1) is 6.92 Å². The van der Waals surface area contributed by atoms with Crippen LogP contribution in [0.4, 0.5) is 32.0 Å². The Morgan fingerprint density at radius 3 is 2.32 bits per heavy atom. The number of hydrogen-bond acceptors (Lipinski definition) is 6. The molecule has 218 valence electrons. The Morgan fingerprint density at radius 1 is 1.07 bits per heavy atom. The van der Waals surface area contributed by atoms with Gasteiger partial charge in [0.15, 0.2) is 5.69 Å². The smallest absolute Gasteiger partial charge is 0.365 e. The quantitative estimate of drug-likeness (QED) is 0.251. The number of nitrogens with zero attached hydrogens (tertiary/aromatic N) is 5. The minimum Gasteiger partial charge on any atom is -0.365 e. The molecule has 0 atom stereocenters. The van der Waals surface area contributed by atoms with Crippen molar-refractivity contribution in [3.05, 3.63) is 46.0 Å². The minimum absolute atomic E-state index is 0.0384. The van der Waals surface area contributed by atoms with Crippen LogP contribution in [0.3, 0.4) is 0 Å². The molecular weight excluding hydrogens is 576 g/mol. The number of carbonyl (C=O) groups excluding carboxylic acids is 2. The average molecular weight is 600 g/mol. The van der Waals surface area contributed by atoms with Crippen molar-refractivity contribution in [1.29, 1.82) is 0 Å². The maximum absolute atomic E-state index is 13.8. The summed E-state index contributed by atoms with van der Waals surface area (Å²) in [5, 5.41) is 10.5. The number of amides is 2. The first-order valence-electron chi connectivity index (χ1n) is 12.5. The fourth-order valence-corrected chi connectivity index (χ4v) is 5.65. The van der Waals surface area contributed by atoms with Crippen molar-refractivity contribution in [2.24, 2.45) is 5.73 Å². The topological polar surface area (TPSA) is 121 Å². The van der Waals surface area contributed by atoms with E-state index < -0.39 is 35.6 Å². The molecule has 4 heterocycles. The van der Waals surface area contributed by atoms with Crippen LogP contribution in [-0.2, 0) is 30.2 Å². The maximum Gasteiger partial charge on any atom is 0.435 e. The van der Waals surface area contributed by atoms with Crippen LogP contribution in [0.15, 0.2) is 18.3 Å². The van der Waals surface area contributed by atoms with Crippen LogP contribution in [-0.4, -0.2) is 36.4 Å². The van der Waals surface area contributed by atoms with Gasteiger partial charge in [-0.3, -0.25) is 19.0 Å². The zero-order chi connectivity index (χ0) is 29.9. The van der Waals surface area contributed by atoms with Gasteiger partial charge in [0.05, 0.1) is 11.9 Å². The first kappa shape index (κ1) is 28.6. The highest BCUT2D eigenvalue weighted by molar-refractivity contribution is 7.21. The zero-order valence-corrected chi connectivity index (χ0v) is 22.5. The fraction of sp³-hybridized carbons (Fsp3) is 0.400. The zero-order valence-electron chi connectivity index (χ0n) is 21.7. The molecule has 0 aliphatic heterocycles. The van der Waals surface area contributed by atoms with Crippen LogP contribution in [0.2, 0.25) is 0 Å². The molecule has 0 saturated heterocycles. The molecule has 2 amide bonds. The maximum atomic E-state index is 13.8. The van der Waals surface area contributed by atoms with Gasteiger partial charge in [-0.25, -0.2) is 4.98 Å². The number of anilines is 1. The van der Waals surface area contributed by atoms with E-state index in [0.717, 1.165) is 16.8 Å². The number of alkyl halides is 6. The molecule has 1 fully saturated rings. The third-order valence-corrected chi connectivity index (χ3v) is 7.88. The van der Waals surface area contributed by atoms with Crippen LogP contribution in [0.5, 0.6) is 0 Å². The van der Waals surface area contributed by atoms with Gasteiger partial charge in [-0.1, -0.05) is 0 Å². The number of carbonyl (C=O) groups is 2. The normalized spacial score (nSPS) is 14.1. The van der Waals surface area contributed by atoms with Gasteiger partial charge in [0.25, 0.3) is 5.91 Å². The lowest BCUT2D eigenvalue weighted by Crippen LogP contribution is -2.19. The molecule has 41 heavy (non-hydrogen) atoms. The van der Waals surface area contributed by atoms with E-state index in [9.17, 15) is 35.9 Å². The van der Waals surface area contributed by atoms with Gasteiger partial charge in [0, 0.05) is 47.8 Å². The lowest BCUT2D eigenvalue weighted by atomic mass is 10.0.